The third-order valence-corrected chi connectivity index (χ3v) is 5.10. The Morgan fingerprint density at radius 2 is 1.40 bits per heavy atom. The molecule has 0 aliphatic heterocycles. The maximum absolute atomic E-state index is 3.50. The average Bonchev–Trinajstić information content (AvgIpc) is 2.49. The smallest absolute Gasteiger partial charge is 0.0444 e. The van der Waals surface area contributed by atoms with E-state index in [2.05, 4.69) is 86.9 Å². The van der Waals surface area contributed by atoms with E-state index in [4.69, 9.17) is 0 Å². The van der Waals surface area contributed by atoms with Gasteiger partial charge in [0.1, 0.15) is 0 Å². The van der Waals surface area contributed by atoms with Gasteiger partial charge in [-0.25, -0.2) is 0 Å². The van der Waals surface area contributed by atoms with Gasteiger partial charge in [-0.3, -0.25) is 0 Å². The topological polar surface area (TPSA) is 12.0 Å². The average molecular weight is 285 g/mol. The molecule has 0 amide bonds. The van der Waals surface area contributed by atoms with E-state index in [1.165, 1.54) is 10.5 Å². The molecule has 0 saturated heterocycles. The Balaban J connectivity index is 2.22. The number of hydrogen-bond acceptors (Lipinski definition) is 2. The number of benzene rings is 2. The maximum Gasteiger partial charge on any atom is 0.0444 e. The molecule has 2 heteroatoms. The first-order chi connectivity index (χ1) is 9.72. The number of rotatable bonds is 6. The Hall–Kier alpha value is -1.25. The fourth-order valence-electron chi connectivity index (χ4n) is 2.43. The Morgan fingerprint density at radius 1 is 0.850 bits per heavy atom. The molecule has 1 nitrogen and oxygen atoms in total. The van der Waals surface area contributed by atoms with E-state index in [-0.39, 0.29) is 0 Å². The first-order valence-corrected chi connectivity index (χ1v) is 8.04. The van der Waals surface area contributed by atoms with Gasteiger partial charge in [0.15, 0.2) is 0 Å². The second kappa shape index (κ2) is 7.51. The Labute approximate surface area is 126 Å². The summed E-state index contributed by atoms with van der Waals surface area (Å²) in [5.74, 6) is 0.595. The van der Waals surface area contributed by atoms with E-state index >= 15 is 0 Å². The first kappa shape index (κ1) is 15.1. The van der Waals surface area contributed by atoms with Crippen LogP contribution in [0.25, 0.3) is 0 Å². The quantitative estimate of drug-likeness (QED) is 0.768. The Morgan fingerprint density at radius 3 is 1.90 bits per heavy atom. The largest absolute Gasteiger partial charge is 0.312 e. The number of thioether (sulfide) groups is 1. The van der Waals surface area contributed by atoms with E-state index in [0.29, 0.717) is 17.2 Å². The summed E-state index contributed by atoms with van der Waals surface area (Å²) >= 11 is 1.96. The van der Waals surface area contributed by atoms with Crippen molar-refractivity contribution in [3.63, 3.8) is 0 Å². The van der Waals surface area contributed by atoms with Crippen molar-refractivity contribution in [3.05, 3.63) is 66.2 Å². The molecule has 0 aliphatic rings. The molecule has 2 aromatic rings. The second-order valence-electron chi connectivity index (χ2n) is 5.32. The molecule has 0 spiro atoms. The van der Waals surface area contributed by atoms with Crippen molar-refractivity contribution in [3.8, 4) is 0 Å². The molecular formula is C18H23NS. The zero-order valence-electron chi connectivity index (χ0n) is 12.4. The fraction of sp³-hybridized carbons (Fsp3) is 0.333. The molecule has 0 heterocycles. The lowest BCUT2D eigenvalue weighted by molar-refractivity contribution is 0.472. The summed E-state index contributed by atoms with van der Waals surface area (Å²) in [4.78, 5) is 1.34. The van der Waals surface area contributed by atoms with Crippen LogP contribution in [0.15, 0.2) is 65.6 Å². The van der Waals surface area contributed by atoms with Crippen molar-refractivity contribution in [2.75, 3.05) is 7.05 Å². The van der Waals surface area contributed by atoms with Gasteiger partial charge in [-0.05, 0) is 30.7 Å². The van der Waals surface area contributed by atoms with Gasteiger partial charge >= 0.3 is 0 Å². The van der Waals surface area contributed by atoms with Gasteiger partial charge in [0.05, 0.1) is 0 Å². The lowest BCUT2D eigenvalue weighted by atomic mass is 9.96. The predicted octanol–water partition coefficient (Wildman–Crippen LogP) is 4.76. The molecular weight excluding hydrogens is 262 g/mol. The van der Waals surface area contributed by atoms with Crippen LogP contribution in [-0.4, -0.2) is 12.3 Å². The molecule has 0 bridgehead atoms. The number of nitrogens with one attached hydrogen (secondary N) is 1. The normalized spacial score (nSPS) is 14.2. The molecule has 0 aromatic heterocycles. The molecule has 2 rings (SSSR count). The zero-order valence-corrected chi connectivity index (χ0v) is 13.2. The third kappa shape index (κ3) is 3.87. The molecule has 20 heavy (non-hydrogen) atoms. The fourth-order valence-corrected chi connectivity index (χ4v) is 3.76. The number of hydrogen-bond donors (Lipinski definition) is 1. The predicted molar refractivity (Wildman–Crippen MR) is 89.2 cm³/mol. The van der Waals surface area contributed by atoms with Crippen molar-refractivity contribution in [1.29, 1.82) is 0 Å². The van der Waals surface area contributed by atoms with Crippen LogP contribution in [0.4, 0.5) is 0 Å². The standard InChI is InChI=1S/C18H23NS/c1-14(2)18(20-16-12-8-5-9-13-16)17(19-3)15-10-6-4-7-11-15/h4-14,17-19H,1-3H3. The van der Waals surface area contributed by atoms with E-state index in [9.17, 15) is 0 Å². The molecule has 0 saturated carbocycles. The van der Waals surface area contributed by atoms with Gasteiger partial charge in [0.2, 0.25) is 0 Å². The van der Waals surface area contributed by atoms with E-state index in [1.807, 2.05) is 11.8 Å². The Bertz CT molecular complexity index is 495. The minimum Gasteiger partial charge on any atom is -0.312 e. The minimum atomic E-state index is 0.362. The molecule has 2 unspecified atom stereocenters. The third-order valence-electron chi connectivity index (χ3n) is 3.47. The molecule has 0 aliphatic carbocycles. The van der Waals surface area contributed by atoms with Gasteiger partial charge < -0.3 is 5.32 Å². The van der Waals surface area contributed by atoms with Gasteiger partial charge in [0, 0.05) is 16.2 Å². The summed E-state index contributed by atoms with van der Waals surface area (Å²) in [6.45, 7) is 4.60. The summed E-state index contributed by atoms with van der Waals surface area (Å²) in [5.41, 5.74) is 1.36. The summed E-state index contributed by atoms with van der Waals surface area (Å²) in [5, 5.41) is 4.00. The molecule has 0 fully saturated rings. The lowest BCUT2D eigenvalue weighted by Gasteiger charge is -2.30. The zero-order chi connectivity index (χ0) is 14.4. The van der Waals surface area contributed by atoms with Crippen molar-refractivity contribution >= 4 is 11.8 Å². The highest BCUT2D eigenvalue weighted by Crippen LogP contribution is 2.36. The van der Waals surface area contributed by atoms with Gasteiger partial charge in [-0.1, -0.05) is 62.4 Å². The summed E-state index contributed by atoms with van der Waals surface area (Å²) in [6.07, 6.45) is 0. The SMILES string of the molecule is CNC(c1ccccc1)C(Sc1ccccc1)C(C)C. The van der Waals surface area contributed by atoms with Crippen LogP contribution in [0.2, 0.25) is 0 Å². The van der Waals surface area contributed by atoms with E-state index in [1.54, 1.807) is 0 Å². The van der Waals surface area contributed by atoms with Crippen LogP contribution in [0.1, 0.15) is 25.5 Å². The highest BCUT2D eigenvalue weighted by atomic mass is 32.2. The summed E-state index contributed by atoms with van der Waals surface area (Å²) in [7, 11) is 2.05. The van der Waals surface area contributed by atoms with Crippen LogP contribution >= 0.6 is 11.8 Å². The first-order valence-electron chi connectivity index (χ1n) is 7.16. The van der Waals surface area contributed by atoms with E-state index < -0.39 is 0 Å². The van der Waals surface area contributed by atoms with Crippen molar-refractivity contribution in [2.24, 2.45) is 5.92 Å². The van der Waals surface area contributed by atoms with Crippen LogP contribution in [0.3, 0.4) is 0 Å². The maximum atomic E-state index is 3.50. The van der Waals surface area contributed by atoms with Crippen LogP contribution < -0.4 is 5.32 Å². The second-order valence-corrected chi connectivity index (χ2v) is 6.57. The highest BCUT2D eigenvalue weighted by molar-refractivity contribution is 8.00. The van der Waals surface area contributed by atoms with Crippen molar-refractivity contribution in [2.45, 2.75) is 30.0 Å². The van der Waals surface area contributed by atoms with Gasteiger partial charge in [-0.15, -0.1) is 11.8 Å². The lowest BCUT2D eigenvalue weighted by Crippen LogP contribution is -2.31. The van der Waals surface area contributed by atoms with E-state index in [0.717, 1.165) is 0 Å². The van der Waals surface area contributed by atoms with Gasteiger partial charge in [-0.2, -0.15) is 0 Å². The van der Waals surface area contributed by atoms with Crippen LogP contribution in [-0.2, 0) is 0 Å². The minimum absolute atomic E-state index is 0.362. The molecule has 2 atom stereocenters. The van der Waals surface area contributed by atoms with Crippen LogP contribution in [0.5, 0.6) is 0 Å². The monoisotopic (exact) mass is 285 g/mol. The summed E-state index contributed by atoms with van der Waals surface area (Å²) in [6, 6.07) is 21.8. The molecule has 106 valence electrons. The molecule has 2 aromatic carbocycles. The van der Waals surface area contributed by atoms with Crippen molar-refractivity contribution in [1.82, 2.24) is 5.32 Å². The Kier molecular flexibility index (Phi) is 5.69. The van der Waals surface area contributed by atoms with Crippen molar-refractivity contribution < 1.29 is 0 Å². The molecule has 1 N–H and O–H groups in total. The summed E-state index contributed by atoms with van der Waals surface area (Å²) < 4.78 is 0. The van der Waals surface area contributed by atoms with Crippen LogP contribution in [0, 0.1) is 5.92 Å². The molecule has 0 radical (unpaired) electrons. The highest BCUT2D eigenvalue weighted by Gasteiger charge is 2.25. The van der Waals surface area contributed by atoms with Gasteiger partial charge in [0.25, 0.3) is 0 Å².